The molecule has 0 saturated heterocycles. The number of benzene rings is 1. The maximum atomic E-state index is 12.4. The Morgan fingerprint density at radius 2 is 2.00 bits per heavy atom. The van der Waals surface area contributed by atoms with Crippen LogP contribution in [0.3, 0.4) is 0 Å². The van der Waals surface area contributed by atoms with Gasteiger partial charge >= 0.3 is 0 Å². The van der Waals surface area contributed by atoms with E-state index in [2.05, 4.69) is 24.9 Å². The third-order valence-corrected chi connectivity index (χ3v) is 5.12. The van der Waals surface area contributed by atoms with E-state index in [-0.39, 0.29) is 11.4 Å². The number of hydrogen-bond donors (Lipinski definition) is 3. The van der Waals surface area contributed by atoms with Crippen LogP contribution >= 0.6 is 0 Å². The van der Waals surface area contributed by atoms with Crippen molar-refractivity contribution in [1.29, 1.82) is 0 Å². The molecule has 0 unspecified atom stereocenters. The summed E-state index contributed by atoms with van der Waals surface area (Å²) in [5.74, 6) is 0.831. The van der Waals surface area contributed by atoms with Crippen molar-refractivity contribution in [2.24, 2.45) is 0 Å². The van der Waals surface area contributed by atoms with E-state index in [1.807, 2.05) is 25.1 Å². The summed E-state index contributed by atoms with van der Waals surface area (Å²) in [6, 6.07) is 5.63. The molecule has 116 valence electrons. The minimum Gasteiger partial charge on any atom is -0.342 e. The molecular formula is C14H17N5O2S. The third kappa shape index (κ3) is 2.62. The molecular weight excluding hydrogens is 302 g/mol. The molecule has 3 aromatic rings. The van der Waals surface area contributed by atoms with E-state index in [1.54, 1.807) is 13.8 Å². The highest BCUT2D eigenvalue weighted by Gasteiger charge is 2.21. The molecule has 7 nitrogen and oxygen atoms in total. The number of nitrogens with zero attached hydrogens (tertiary/aromatic N) is 2. The molecule has 0 aliphatic carbocycles. The monoisotopic (exact) mass is 319 g/mol. The summed E-state index contributed by atoms with van der Waals surface area (Å²) in [5.41, 5.74) is 3.61. The number of H-pyrrole nitrogens is 2. The zero-order valence-corrected chi connectivity index (χ0v) is 13.4. The normalized spacial score (nSPS) is 12.1. The summed E-state index contributed by atoms with van der Waals surface area (Å²) in [6.07, 6.45) is 0. The van der Waals surface area contributed by atoms with Gasteiger partial charge in [0, 0.05) is 6.54 Å². The number of imidazole rings is 1. The summed E-state index contributed by atoms with van der Waals surface area (Å²) in [6.45, 7) is 5.44. The molecule has 3 rings (SSSR count). The molecule has 0 radical (unpaired) electrons. The van der Waals surface area contributed by atoms with E-state index >= 15 is 0 Å². The molecule has 0 spiro atoms. The van der Waals surface area contributed by atoms with Gasteiger partial charge in [0.15, 0.2) is 0 Å². The molecule has 22 heavy (non-hydrogen) atoms. The molecule has 0 saturated carbocycles. The van der Waals surface area contributed by atoms with Crippen LogP contribution in [-0.2, 0) is 16.6 Å². The Kier molecular flexibility index (Phi) is 3.50. The molecule has 0 bridgehead atoms. The highest BCUT2D eigenvalue weighted by molar-refractivity contribution is 7.89. The van der Waals surface area contributed by atoms with Gasteiger partial charge in [0.1, 0.15) is 10.7 Å². The van der Waals surface area contributed by atoms with Crippen molar-refractivity contribution in [3.8, 4) is 0 Å². The van der Waals surface area contributed by atoms with E-state index in [0.29, 0.717) is 11.4 Å². The fraction of sp³-hybridized carbons (Fsp3) is 0.286. The van der Waals surface area contributed by atoms with Crippen LogP contribution in [0, 0.1) is 20.8 Å². The van der Waals surface area contributed by atoms with Crippen molar-refractivity contribution in [3.05, 3.63) is 41.0 Å². The van der Waals surface area contributed by atoms with Crippen molar-refractivity contribution in [2.45, 2.75) is 32.2 Å². The first-order valence-corrected chi connectivity index (χ1v) is 8.31. The van der Waals surface area contributed by atoms with Crippen LogP contribution in [0.1, 0.15) is 22.8 Å². The van der Waals surface area contributed by atoms with Gasteiger partial charge in [0.05, 0.1) is 22.4 Å². The molecule has 3 N–H and O–H groups in total. The molecule has 0 fully saturated rings. The van der Waals surface area contributed by atoms with Gasteiger partial charge in [-0.05, 0) is 38.5 Å². The van der Waals surface area contributed by atoms with E-state index in [4.69, 9.17) is 0 Å². The molecule has 2 heterocycles. The summed E-state index contributed by atoms with van der Waals surface area (Å²) in [7, 11) is -3.59. The lowest BCUT2D eigenvalue weighted by Crippen LogP contribution is -2.24. The number of sulfonamides is 1. The fourth-order valence-corrected chi connectivity index (χ4v) is 3.87. The van der Waals surface area contributed by atoms with E-state index in [9.17, 15) is 8.42 Å². The van der Waals surface area contributed by atoms with Crippen LogP contribution in [0.4, 0.5) is 0 Å². The number of hydrogen-bond acceptors (Lipinski definition) is 4. The number of aromatic nitrogens is 4. The van der Waals surface area contributed by atoms with Crippen LogP contribution in [0.2, 0.25) is 0 Å². The molecule has 8 heteroatoms. The standard InChI is InChI=1S/C14H17N5O2S/c1-8-14(9(2)19-18-8)22(20,21)15-7-11-4-5-12-13(6-11)17-10(3)16-12/h4-6,15H,7H2,1-3H3,(H,16,17)(H,18,19). The summed E-state index contributed by atoms with van der Waals surface area (Å²) in [5, 5.41) is 6.61. The van der Waals surface area contributed by atoms with Crippen molar-refractivity contribution in [3.63, 3.8) is 0 Å². The second-order valence-electron chi connectivity index (χ2n) is 5.26. The van der Waals surface area contributed by atoms with Crippen LogP contribution in [0.15, 0.2) is 23.1 Å². The summed E-state index contributed by atoms with van der Waals surface area (Å²) in [4.78, 5) is 7.67. The summed E-state index contributed by atoms with van der Waals surface area (Å²) >= 11 is 0. The maximum absolute atomic E-state index is 12.4. The fourth-order valence-electron chi connectivity index (χ4n) is 2.48. The topological polar surface area (TPSA) is 104 Å². The third-order valence-electron chi connectivity index (χ3n) is 3.46. The van der Waals surface area contributed by atoms with Gasteiger partial charge in [-0.15, -0.1) is 0 Å². The number of rotatable bonds is 4. The van der Waals surface area contributed by atoms with Crippen LogP contribution in [0.5, 0.6) is 0 Å². The SMILES string of the molecule is Cc1nc2ccc(CNS(=O)(=O)c3c(C)n[nH]c3C)cc2[nH]1. The first-order valence-electron chi connectivity index (χ1n) is 6.83. The minimum absolute atomic E-state index is 0.209. The van der Waals surface area contributed by atoms with Gasteiger partial charge < -0.3 is 4.98 Å². The average molecular weight is 319 g/mol. The lowest BCUT2D eigenvalue weighted by atomic mass is 10.2. The zero-order valence-electron chi connectivity index (χ0n) is 12.6. The second kappa shape index (κ2) is 5.22. The van der Waals surface area contributed by atoms with Crippen molar-refractivity contribution >= 4 is 21.1 Å². The Balaban J connectivity index is 1.84. The largest absolute Gasteiger partial charge is 0.342 e. The second-order valence-corrected chi connectivity index (χ2v) is 6.97. The average Bonchev–Trinajstić information content (AvgIpc) is 2.98. The van der Waals surface area contributed by atoms with Crippen molar-refractivity contribution < 1.29 is 8.42 Å². The van der Waals surface area contributed by atoms with Gasteiger partial charge in [-0.1, -0.05) is 6.07 Å². The Morgan fingerprint density at radius 3 is 2.68 bits per heavy atom. The summed E-state index contributed by atoms with van der Waals surface area (Å²) < 4.78 is 27.4. The predicted molar refractivity (Wildman–Crippen MR) is 82.9 cm³/mol. The van der Waals surface area contributed by atoms with Gasteiger partial charge in [-0.2, -0.15) is 5.10 Å². The number of fused-ring (bicyclic) bond motifs is 1. The van der Waals surface area contributed by atoms with E-state index in [1.165, 1.54) is 0 Å². The smallest absolute Gasteiger partial charge is 0.244 e. The van der Waals surface area contributed by atoms with E-state index in [0.717, 1.165) is 22.4 Å². The zero-order chi connectivity index (χ0) is 15.9. The van der Waals surface area contributed by atoms with E-state index < -0.39 is 10.0 Å². The first kappa shape index (κ1) is 14.7. The van der Waals surface area contributed by atoms with Crippen LogP contribution < -0.4 is 4.72 Å². The number of nitrogens with one attached hydrogen (secondary N) is 3. The van der Waals surface area contributed by atoms with Gasteiger partial charge in [0.2, 0.25) is 10.0 Å². The lowest BCUT2D eigenvalue weighted by molar-refractivity contribution is 0.580. The Labute approximate surface area is 128 Å². The molecule has 0 atom stereocenters. The van der Waals surface area contributed by atoms with Crippen molar-refractivity contribution in [1.82, 2.24) is 24.9 Å². The van der Waals surface area contributed by atoms with Crippen LogP contribution in [-0.4, -0.2) is 28.6 Å². The highest BCUT2D eigenvalue weighted by Crippen LogP contribution is 2.18. The molecule has 1 aromatic carbocycles. The highest BCUT2D eigenvalue weighted by atomic mass is 32.2. The van der Waals surface area contributed by atoms with Gasteiger partial charge in [0.25, 0.3) is 0 Å². The quantitative estimate of drug-likeness (QED) is 0.680. The maximum Gasteiger partial charge on any atom is 0.244 e. The molecule has 2 aromatic heterocycles. The molecule has 0 amide bonds. The molecule has 0 aliphatic heterocycles. The molecule has 0 aliphatic rings. The van der Waals surface area contributed by atoms with Gasteiger partial charge in [-0.3, -0.25) is 5.10 Å². The Bertz CT molecular complexity index is 920. The minimum atomic E-state index is -3.59. The van der Waals surface area contributed by atoms with Crippen LogP contribution in [0.25, 0.3) is 11.0 Å². The Morgan fingerprint density at radius 1 is 1.23 bits per heavy atom. The van der Waals surface area contributed by atoms with Gasteiger partial charge in [-0.25, -0.2) is 18.1 Å². The predicted octanol–water partition coefficient (Wildman–Crippen LogP) is 1.69. The number of aryl methyl sites for hydroxylation is 3. The lowest BCUT2D eigenvalue weighted by Gasteiger charge is -2.07. The first-order chi connectivity index (χ1) is 10.4. The van der Waals surface area contributed by atoms with Crippen molar-refractivity contribution in [2.75, 3.05) is 0 Å². The number of aromatic amines is 2. The Hall–Kier alpha value is -2.19.